The lowest BCUT2D eigenvalue weighted by atomic mass is 10.3. The van der Waals surface area contributed by atoms with Crippen LogP contribution in [0.5, 0.6) is 5.75 Å². The van der Waals surface area contributed by atoms with Crippen LogP contribution in [0.25, 0.3) is 0 Å². The molecule has 0 aromatic heterocycles. The molecule has 0 aliphatic rings. The third-order valence-electron chi connectivity index (χ3n) is 1.83. The monoisotopic (exact) mass is 319 g/mol. The molecule has 1 aromatic rings. The minimum atomic E-state index is -4.70. The third kappa shape index (κ3) is 3.63. The Bertz CT molecular complexity index is 520. The van der Waals surface area contributed by atoms with Crippen LogP contribution >= 0.6 is 0 Å². The summed E-state index contributed by atoms with van der Waals surface area (Å²) in [5, 5.41) is 1.46. The Hall–Kier alpha value is -1.76. The molecule has 1 rings (SSSR count). The Morgan fingerprint density at radius 3 is 1.75 bits per heavy atom. The molecule has 0 heterocycles. The smallest absolute Gasteiger partial charge is 0.404 e. The van der Waals surface area contributed by atoms with Crippen LogP contribution in [0.1, 0.15) is 0 Å². The zero-order valence-electron chi connectivity index (χ0n) is 9.26. The maximum absolute atomic E-state index is 13.1. The molecule has 1 amide bonds. The van der Waals surface area contributed by atoms with Crippen molar-refractivity contribution >= 4 is 14.9 Å². The summed E-state index contributed by atoms with van der Waals surface area (Å²) >= 11 is 0. The number of ether oxygens (including phenoxy) is 1. The van der Waals surface area contributed by atoms with E-state index in [4.69, 9.17) is 14.4 Å². The van der Waals surface area contributed by atoms with E-state index in [2.05, 4.69) is 4.74 Å². The van der Waals surface area contributed by atoms with Crippen LogP contribution in [0.4, 0.5) is 26.7 Å². The number of rotatable bonds is 3. The van der Waals surface area contributed by atoms with E-state index >= 15 is 0 Å². The number of amides is 1. The Kier molecular flexibility index (Phi) is 4.64. The first-order chi connectivity index (χ1) is 9.04. The van der Waals surface area contributed by atoms with Crippen molar-refractivity contribution in [3.63, 3.8) is 0 Å². The largest absolute Gasteiger partial charge is 0.513 e. The van der Waals surface area contributed by atoms with Gasteiger partial charge in [0.15, 0.2) is 0 Å². The highest BCUT2D eigenvalue weighted by molar-refractivity contribution is 6.56. The molecule has 0 atom stereocenters. The van der Waals surface area contributed by atoms with E-state index in [-0.39, 0.29) is 0 Å². The molecule has 1 aromatic carbocycles. The van der Waals surface area contributed by atoms with E-state index in [1.54, 1.807) is 0 Å². The fourth-order valence-corrected chi connectivity index (χ4v) is 1.38. The quantitative estimate of drug-likeness (QED) is 0.270. The number of carbonyl (C=O) groups excluding carboxylic acids is 1. The van der Waals surface area contributed by atoms with Crippen molar-refractivity contribution in [1.82, 2.24) is 5.32 Å². The predicted molar refractivity (Wildman–Crippen MR) is 52.7 cm³/mol. The minimum Gasteiger partial charge on any atom is -0.404 e. The SMILES string of the molecule is O=C(NC[Si](O)(O)O)Oc1c(F)c(F)c(F)c(F)c1F. The average molecular weight is 319 g/mol. The second-order valence-corrected chi connectivity index (χ2v) is 5.32. The molecule has 0 fully saturated rings. The number of hydrogen-bond donors (Lipinski definition) is 4. The lowest BCUT2D eigenvalue weighted by molar-refractivity contribution is 0.186. The molecule has 4 N–H and O–H groups in total. The zero-order chi connectivity index (χ0) is 15.7. The van der Waals surface area contributed by atoms with E-state index in [0.29, 0.717) is 0 Å². The van der Waals surface area contributed by atoms with Gasteiger partial charge >= 0.3 is 14.9 Å². The molecular weight excluding hydrogens is 313 g/mol. The van der Waals surface area contributed by atoms with Gasteiger partial charge in [-0.05, 0) is 0 Å². The molecule has 0 unspecified atom stereocenters. The van der Waals surface area contributed by atoms with E-state index in [0.717, 1.165) is 0 Å². The molecule has 0 bridgehead atoms. The second kappa shape index (κ2) is 5.70. The lowest BCUT2D eigenvalue weighted by Crippen LogP contribution is -2.48. The molecule has 112 valence electrons. The van der Waals surface area contributed by atoms with E-state index in [9.17, 15) is 26.7 Å². The summed E-state index contributed by atoms with van der Waals surface area (Å²) in [6.45, 7) is 0. The standard InChI is InChI=1S/C8H6F5NO5Si/c9-2-3(10)5(12)7(6(13)4(2)11)19-8(15)14-1-20(16,17)18/h16-18H,1H2,(H,14,15). The number of halogens is 5. The molecule has 0 radical (unpaired) electrons. The first-order valence-corrected chi connectivity index (χ1v) is 6.73. The summed E-state index contributed by atoms with van der Waals surface area (Å²) in [5.74, 6) is -13.7. The molecule has 0 aliphatic carbocycles. The predicted octanol–water partition coefficient (Wildman–Crippen LogP) is -0.0745. The van der Waals surface area contributed by atoms with Crippen molar-refractivity contribution in [2.24, 2.45) is 0 Å². The van der Waals surface area contributed by atoms with Crippen LogP contribution in [-0.2, 0) is 0 Å². The first kappa shape index (κ1) is 16.3. The van der Waals surface area contributed by atoms with Crippen molar-refractivity contribution in [2.75, 3.05) is 6.17 Å². The summed E-state index contributed by atoms with van der Waals surface area (Å²) in [6, 6.07) is 0. The molecule has 0 spiro atoms. The van der Waals surface area contributed by atoms with Gasteiger partial charge in [0.1, 0.15) is 0 Å². The Labute approximate surface area is 108 Å². The van der Waals surface area contributed by atoms with Crippen LogP contribution in [0.15, 0.2) is 0 Å². The van der Waals surface area contributed by atoms with Crippen LogP contribution in [-0.4, -0.2) is 35.5 Å². The van der Waals surface area contributed by atoms with Crippen LogP contribution in [0.3, 0.4) is 0 Å². The van der Waals surface area contributed by atoms with Crippen molar-refractivity contribution in [3.8, 4) is 5.75 Å². The van der Waals surface area contributed by atoms with Gasteiger partial charge in [0.2, 0.25) is 34.8 Å². The van der Waals surface area contributed by atoms with Crippen LogP contribution in [0, 0.1) is 29.1 Å². The van der Waals surface area contributed by atoms with Crippen molar-refractivity contribution in [3.05, 3.63) is 29.1 Å². The van der Waals surface area contributed by atoms with E-state index < -0.39 is 55.9 Å². The van der Waals surface area contributed by atoms with Gasteiger partial charge < -0.3 is 24.4 Å². The van der Waals surface area contributed by atoms with Gasteiger partial charge in [-0.2, -0.15) is 8.78 Å². The fraction of sp³-hybridized carbons (Fsp3) is 0.125. The van der Waals surface area contributed by atoms with Crippen LogP contribution in [0.2, 0.25) is 0 Å². The van der Waals surface area contributed by atoms with Gasteiger partial charge in [-0.1, -0.05) is 0 Å². The minimum absolute atomic E-state index is 1.11. The van der Waals surface area contributed by atoms with E-state index in [1.807, 2.05) is 0 Å². The van der Waals surface area contributed by atoms with E-state index in [1.165, 1.54) is 5.32 Å². The van der Waals surface area contributed by atoms with Gasteiger partial charge in [-0.3, -0.25) is 0 Å². The molecule has 20 heavy (non-hydrogen) atoms. The molecule has 0 saturated heterocycles. The Morgan fingerprint density at radius 2 is 1.35 bits per heavy atom. The highest BCUT2D eigenvalue weighted by Crippen LogP contribution is 2.29. The molecule has 12 heteroatoms. The van der Waals surface area contributed by atoms with Gasteiger partial charge in [-0.15, -0.1) is 0 Å². The average Bonchev–Trinajstić information content (AvgIpc) is 2.36. The number of hydrogen-bond acceptors (Lipinski definition) is 5. The third-order valence-corrected chi connectivity index (χ3v) is 2.49. The number of benzene rings is 1. The maximum Gasteiger partial charge on any atom is 0.513 e. The van der Waals surface area contributed by atoms with Gasteiger partial charge in [0.05, 0.1) is 6.17 Å². The van der Waals surface area contributed by atoms with Gasteiger partial charge in [0, 0.05) is 0 Å². The summed E-state index contributed by atoms with van der Waals surface area (Å²) in [6.07, 6.45) is -2.87. The van der Waals surface area contributed by atoms with Crippen molar-refractivity contribution in [2.45, 2.75) is 0 Å². The highest BCUT2D eigenvalue weighted by atomic mass is 28.4. The van der Waals surface area contributed by atoms with Crippen molar-refractivity contribution < 1.29 is 45.9 Å². The zero-order valence-corrected chi connectivity index (χ0v) is 10.3. The summed E-state index contributed by atoms with van der Waals surface area (Å²) in [5.41, 5.74) is 0. The van der Waals surface area contributed by atoms with Crippen molar-refractivity contribution in [1.29, 1.82) is 0 Å². The number of carbonyl (C=O) groups is 1. The van der Waals surface area contributed by atoms with Gasteiger partial charge in [-0.25, -0.2) is 18.0 Å². The molecule has 0 saturated carbocycles. The summed E-state index contributed by atoms with van der Waals surface area (Å²) in [4.78, 5) is 36.5. The molecular formula is C8H6F5NO5Si. The summed E-state index contributed by atoms with van der Waals surface area (Å²) in [7, 11) is -4.70. The topological polar surface area (TPSA) is 99.0 Å². The lowest BCUT2D eigenvalue weighted by Gasteiger charge is -2.12. The van der Waals surface area contributed by atoms with Gasteiger partial charge in [0.25, 0.3) is 0 Å². The fourth-order valence-electron chi connectivity index (χ4n) is 0.994. The maximum atomic E-state index is 13.1. The first-order valence-electron chi connectivity index (χ1n) is 4.69. The summed E-state index contributed by atoms with van der Waals surface area (Å²) < 4.78 is 68.1. The molecule has 6 nitrogen and oxygen atoms in total. The normalized spacial score (nSPS) is 11.4. The Balaban J connectivity index is 2.96. The Morgan fingerprint density at radius 1 is 0.950 bits per heavy atom. The van der Waals surface area contributed by atoms with Crippen LogP contribution < -0.4 is 10.1 Å². The second-order valence-electron chi connectivity index (χ2n) is 3.42. The number of nitrogens with one attached hydrogen (secondary N) is 1. The molecule has 0 aliphatic heterocycles. The highest BCUT2D eigenvalue weighted by Gasteiger charge is 2.31.